The molecule has 128 valence electrons. The fourth-order valence-electron chi connectivity index (χ4n) is 2.49. The summed E-state index contributed by atoms with van der Waals surface area (Å²) in [5.41, 5.74) is -0.0601. The Labute approximate surface area is 141 Å². The lowest BCUT2D eigenvalue weighted by Gasteiger charge is -2.35. The van der Waals surface area contributed by atoms with Crippen molar-refractivity contribution in [3.63, 3.8) is 0 Å². The van der Waals surface area contributed by atoms with Gasteiger partial charge in [-0.1, -0.05) is 18.5 Å². The summed E-state index contributed by atoms with van der Waals surface area (Å²) in [7, 11) is 0.155. The lowest BCUT2D eigenvalue weighted by Crippen LogP contribution is -2.44. The molecule has 0 unspecified atom stereocenters. The average molecular weight is 361 g/mol. The van der Waals surface area contributed by atoms with Crippen LogP contribution in [0, 0.1) is 0 Å². The number of piperidine rings is 1. The van der Waals surface area contributed by atoms with Gasteiger partial charge in [-0.2, -0.15) is 0 Å². The monoisotopic (exact) mass is 360 g/mol. The quantitative estimate of drug-likeness (QED) is 0.747. The molecular weight excluding hydrogens is 340 g/mol. The molecule has 1 aliphatic heterocycles. The molecule has 1 amide bonds. The third kappa shape index (κ3) is 3.99. The molecule has 0 spiro atoms. The van der Waals surface area contributed by atoms with Crippen LogP contribution in [-0.2, 0) is 9.84 Å². The molecule has 2 rings (SSSR count). The molecule has 1 fully saturated rings. The minimum Gasteiger partial charge on any atom is -0.337 e. The standard InChI is InChI=1S/C14H21ClN4O3S/c1-4-23(21,22)14-16-9-11(15)12(17-14)13(20)19(3)10-5-7-18(2)8-6-10/h9-10H,4-8H2,1-3H3. The zero-order valence-electron chi connectivity index (χ0n) is 13.5. The molecule has 0 N–H and O–H groups in total. The van der Waals surface area contributed by atoms with Crippen LogP contribution < -0.4 is 0 Å². The first-order valence-electron chi connectivity index (χ1n) is 7.47. The van der Waals surface area contributed by atoms with E-state index in [9.17, 15) is 13.2 Å². The Hall–Kier alpha value is -1.25. The van der Waals surface area contributed by atoms with Gasteiger partial charge in [-0.05, 0) is 33.0 Å². The van der Waals surface area contributed by atoms with Crippen molar-refractivity contribution in [1.29, 1.82) is 0 Å². The van der Waals surface area contributed by atoms with Gasteiger partial charge in [0.15, 0.2) is 5.69 Å². The number of aromatic nitrogens is 2. The summed E-state index contributed by atoms with van der Waals surface area (Å²) in [5.74, 6) is -0.507. The molecule has 0 aliphatic carbocycles. The van der Waals surface area contributed by atoms with Crippen molar-refractivity contribution in [2.75, 3.05) is 32.9 Å². The molecule has 23 heavy (non-hydrogen) atoms. The maximum atomic E-state index is 12.7. The molecule has 1 aromatic heterocycles. The van der Waals surface area contributed by atoms with Crippen molar-refractivity contribution >= 4 is 27.3 Å². The molecular formula is C14H21ClN4O3S. The average Bonchev–Trinajstić information content (AvgIpc) is 2.54. The van der Waals surface area contributed by atoms with E-state index in [4.69, 9.17) is 11.6 Å². The van der Waals surface area contributed by atoms with Gasteiger partial charge in [-0.3, -0.25) is 4.79 Å². The smallest absolute Gasteiger partial charge is 0.274 e. The molecule has 1 aliphatic rings. The van der Waals surface area contributed by atoms with Crippen LogP contribution in [-0.4, -0.2) is 73.1 Å². The van der Waals surface area contributed by atoms with Gasteiger partial charge < -0.3 is 9.80 Å². The van der Waals surface area contributed by atoms with Crippen LogP contribution in [0.4, 0.5) is 0 Å². The maximum Gasteiger partial charge on any atom is 0.274 e. The van der Waals surface area contributed by atoms with Crippen LogP contribution in [0.1, 0.15) is 30.3 Å². The summed E-state index contributed by atoms with van der Waals surface area (Å²) >= 11 is 6.01. The number of likely N-dealkylation sites (tertiary alicyclic amines) is 1. The van der Waals surface area contributed by atoms with Gasteiger partial charge in [0.1, 0.15) is 0 Å². The first kappa shape index (κ1) is 18.1. The van der Waals surface area contributed by atoms with Crippen LogP contribution >= 0.6 is 11.6 Å². The second-order valence-corrected chi connectivity index (χ2v) is 8.28. The van der Waals surface area contributed by atoms with Crippen molar-refractivity contribution in [3.8, 4) is 0 Å². The Kier molecular flexibility index (Phi) is 5.59. The molecule has 9 heteroatoms. The fourth-order valence-corrected chi connectivity index (χ4v) is 3.37. The van der Waals surface area contributed by atoms with Gasteiger partial charge in [0.05, 0.1) is 17.0 Å². The van der Waals surface area contributed by atoms with E-state index < -0.39 is 9.84 Å². The molecule has 1 saturated heterocycles. The van der Waals surface area contributed by atoms with E-state index in [1.807, 2.05) is 7.05 Å². The van der Waals surface area contributed by atoms with E-state index in [1.165, 1.54) is 13.1 Å². The lowest BCUT2D eigenvalue weighted by molar-refractivity contribution is 0.0653. The molecule has 7 nitrogen and oxygen atoms in total. The van der Waals surface area contributed by atoms with Crippen LogP contribution in [0.2, 0.25) is 5.02 Å². The number of carbonyl (C=O) groups is 1. The van der Waals surface area contributed by atoms with E-state index in [1.54, 1.807) is 11.9 Å². The Morgan fingerprint density at radius 3 is 2.61 bits per heavy atom. The summed E-state index contributed by atoms with van der Waals surface area (Å²) in [5, 5.41) is -0.297. The largest absolute Gasteiger partial charge is 0.337 e. The number of sulfone groups is 1. The minimum absolute atomic E-state index is 0.0600. The number of halogens is 1. The van der Waals surface area contributed by atoms with Gasteiger partial charge in [-0.15, -0.1) is 0 Å². The summed E-state index contributed by atoms with van der Waals surface area (Å²) in [6.07, 6.45) is 2.90. The normalized spacial score (nSPS) is 17.2. The Bertz CT molecular complexity index is 687. The van der Waals surface area contributed by atoms with Crippen LogP contribution in [0.25, 0.3) is 0 Å². The highest BCUT2D eigenvalue weighted by atomic mass is 35.5. The Morgan fingerprint density at radius 2 is 2.04 bits per heavy atom. The summed E-state index contributed by atoms with van der Waals surface area (Å²) in [6.45, 7) is 3.32. The lowest BCUT2D eigenvalue weighted by atomic mass is 10.0. The van der Waals surface area contributed by atoms with E-state index >= 15 is 0 Å². The second kappa shape index (κ2) is 7.11. The SMILES string of the molecule is CCS(=O)(=O)c1ncc(Cl)c(C(=O)N(C)C2CCN(C)CC2)n1. The third-order valence-electron chi connectivity index (χ3n) is 4.14. The predicted molar refractivity (Wildman–Crippen MR) is 87.4 cm³/mol. The van der Waals surface area contributed by atoms with Gasteiger partial charge in [0.25, 0.3) is 5.91 Å². The van der Waals surface area contributed by atoms with Crippen LogP contribution in [0.15, 0.2) is 11.4 Å². The number of amides is 1. The fraction of sp³-hybridized carbons (Fsp3) is 0.643. The van der Waals surface area contributed by atoms with Crippen LogP contribution in [0.3, 0.4) is 0 Å². The highest BCUT2D eigenvalue weighted by Crippen LogP contribution is 2.20. The zero-order valence-corrected chi connectivity index (χ0v) is 15.1. The molecule has 0 atom stereocenters. The predicted octanol–water partition coefficient (Wildman–Crippen LogP) is 1.09. The van der Waals surface area contributed by atoms with Crippen molar-refractivity contribution in [2.45, 2.75) is 31.0 Å². The van der Waals surface area contributed by atoms with Crippen LogP contribution in [0.5, 0.6) is 0 Å². The van der Waals surface area contributed by atoms with Crippen molar-refractivity contribution in [1.82, 2.24) is 19.8 Å². The number of hydrogen-bond acceptors (Lipinski definition) is 6. The molecule has 2 heterocycles. The number of rotatable bonds is 4. The summed E-state index contributed by atoms with van der Waals surface area (Å²) < 4.78 is 23.8. The minimum atomic E-state index is -3.59. The van der Waals surface area contributed by atoms with Gasteiger partial charge >= 0.3 is 0 Å². The molecule has 1 aromatic rings. The number of carbonyl (C=O) groups excluding carboxylic acids is 1. The first-order chi connectivity index (χ1) is 10.8. The molecule has 0 bridgehead atoms. The molecule has 0 saturated carbocycles. The number of hydrogen-bond donors (Lipinski definition) is 0. The van der Waals surface area contributed by atoms with E-state index in [0.29, 0.717) is 0 Å². The zero-order chi connectivity index (χ0) is 17.2. The summed E-state index contributed by atoms with van der Waals surface area (Å²) in [6, 6.07) is 0.0935. The molecule has 0 radical (unpaired) electrons. The Balaban J connectivity index is 2.26. The third-order valence-corrected chi connectivity index (χ3v) is 5.93. The van der Waals surface area contributed by atoms with E-state index in [-0.39, 0.29) is 33.6 Å². The highest BCUT2D eigenvalue weighted by Gasteiger charge is 2.28. The van der Waals surface area contributed by atoms with Crippen molar-refractivity contribution < 1.29 is 13.2 Å². The second-order valence-electron chi connectivity index (χ2n) is 5.70. The first-order valence-corrected chi connectivity index (χ1v) is 9.50. The van der Waals surface area contributed by atoms with Crippen molar-refractivity contribution in [2.24, 2.45) is 0 Å². The number of nitrogens with zero attached hydrogens (tertiary/aromatic N) is 4. The topological polar surface area (TPSA) is 83.5 Å². The van der Waals surface area contributed by atoms with Gasteiger partial charge in [-0.25, -0.2) is 18.4 Å². The summed E-state index contributed by atoms with van der Waals surface area (Å²) in [4.78, 5) is 24.1. The van der Waals surface area contributed by atoms with E-state index in [2.05, 4.69) is 14.9 Å². The maximum absolute atomic E-state index is 12.7. The Morgan fingerprint density at radius 1 is 1.43 bits per heavy atom. The van der Waals surface area contributed by atoms with Gasteiger partial charge in [0, 0.05) is 13.1 Å². The highest BCUT2D eigenvalue weighted by molar-refractivity contribution is 7.91. The molecule has 0 aromatic carbocycles. The van der Waals surface area contributed by atoms with Crippen molar-refractivity contribution in [3.05, 3.63) is 16.9 Å². The van der Waals surface area contributed by atoms with E-state index in [0.717, 1.165) is 25.9 Å². The van der Waals surface area contributed by atoms with Gasteiger partial charge in [0.2, 0.25) is 15.0 Å².